The summed E-state index contributed by atoms with van der Waals surface area (Å²) >= 11 is 0. The molecule has 0 aliphatic rings. The third-order valence-corrected chi connectivity index (χ3v) is 5.07. The fraction of sp³-hybridized carbons (Fsp3) is 0.188. The van der Waals surface area contributed by atoms with Gasteiger partial charge in [-0.2, -0.15) is 0 Å². The standard InChI is InChI=1S/C16H17FN2O3S/c1-19(2)23(21,22)15-8-6-13(7-9-15)16(20)18-11-12-4-3-5-14(17)10-12/h3-10H,11H2,1-2H3,(H,18,20). The highest BCUT2D eigenvalue weighted by atomic mass is 32.2. The molecule has 1 N–H and O–H groups in total. The van der Waals surface area contributed by atoms with Crippen LogP contribution in [0.4, 0.5) is 4.39 Å². The molecule has 2 aromatic carbocycles. The Labute approximate surface area is 134 Å². The number of benzene rings is 2. The predicted molar refractivity (Wildman–Crippen MR) is 84.9 cm³/mol. The largest absolute Gasteiger partial charge is 0.348 e. The molecule has 0 bridgehead atoms. The Hall–Kier alpha value is -2.25. The van der Waals surface area contributed by atoms with Crippen LogP contribution in [0.15, 0.2) is 53.4 Å². The number of halogens is 1. The normalized spacial score (nSPS) is 11.5. The highest BCUT2D eigenvalue weighted by molar-refractivity contribution is 7.89. The van der Waals surface area contributed by atoms with Crippen molar-refractivity contribution in [3.8, 4) is 0 Å². The molecule has 122 valence electrons. The van der Waals surface area contributed by atoms with Gasteiger partial charge in [-0.1, -0.05) is 12.1 Å². The van der Waals surface area contributed by atoms with E-state index in [2.05, 4.69) is 5.32 Å². The number of hydrogen-bond donors (Lipinski definition) is 1. The van der Waals surface area contributed by atoms with Gasteiger partial charge in [-0.25, -0.2) is 17.1 Å². The van der Waals surface area contributed by atoms with Gasteiger partial charge in [0.15, 0.2) is 0 Å². The lowest BCUT2D eigenvalue weighted by Gasteiger charge is -2.11. The maximum atomic E-state index is 13.1. The second-order valence-corrected chi connectivity index (χ2v) is 7.28. The average Bonchev–Trinajstić information content (AvgIpc) is 2.52. The first-order chi connectivity index (χ1) is 10.8. The lowest BCUT2D eigenvalue weighted by atomic mass is 10.2. The zero-order valence-electron chi connectivity index (χ0n) is 12.8. The maximum absolute atomic E-state index is 13.1. The van der Waals surface area contributed by atoms with Crippen LogP contribution in [0.2, 0.25) is 0 Å². The number of carbonyl (C=O) groups excluding carboxylic acids is 1. The van der Waals surface area contributed by atoms with Crippen LogP contribution in [-0.2, 0) is 16.6 Å². The minimum atomic E-state index is -3.52. The van der Waals surface area contributed by atoms with E-state index >= 15 is 0 Å². The van der Waals surface area contributed by atoms with E-state index in [0.29, 0.717) is 11.1 Å². The molecule has 0 atom stereocenters. The summed E-state index contributed by atoms with van der Waals surface area (Å²) in [4.78, 5) is 12.1. The third-order valence-electron chi connectivity index (χ3n) is 3.24. The summed E-state index contributed by atoms with van der Waals surface area (Å²) in [6, 6.07) is 11.6. The predicted octanol–water partition coefficient (Wildman–Crippen LogP) is 2.01. The van der Waals surface area contributed by atoms with Crippen LogP contribution < -0.4 is 5.32 Å². The van der Waals surface area contributed by atoms with Crippen molar-refractivity contribution in [1.82, 2.24) is 9.62 Å². The van der Waals surface area contributed by atoms with Crippen molar-refractivity contribution in [2.75, 3.05) is 14.1 Å². The van der Waals surface area contributed by atoms with Crippen molar-refractivity contribution in [2.24, 2.45) is 0 Å². The van der Waals surface area contributed by atoms with Gasteiger partial charge in [0.25, 0.3) is 5.91 Å². The van der Waals surface area contributed by atoms with Crippen LogP contribution in [0.3, 0.4) is 0 Å². The number of nitrogens with zero attached hydrogens (tertiary/aromatic N) is 1. The molecule has 0 heterocycles. The summed E-state index contributed by atoms with van der Waals surface area (Å²) in [5, 5.41) is 2.66. The first-order valence-corrected chi connectivity index (χ1v) is 8.30. The minimum Gasteiger partial charge on any atom is -0.348 e. The van der Waals surface area contributed by atoms with Gasteiger partial charge in [0.05, 0.1) is 4.90 Å². The van der Waals surface area contributed by atoms with E-state index in [-0.39, 0.29) is 23.2 Å². The molecule has 0 radical (unpaired) electrons. The number of sulfonamides is 1. The molecular formula is C16H17FN2O3S. The number of hydrogen-bond acceptors (Lipinski definition) is 3. The van der Waals surface area contributed by atoms with Crippen molar-refractivity contribution in [1.29, 1.82) is 0 Å². The molecule has 0 unspecified atom stereocenters. The van der Waals surface area contributed by atoms with E-state index in [9.17, 15) is 17.6 Å². The van der Waals surface area contributed by atoms with Crippen molar-refractivity contribution < 1.29 is 17.6 Å². The molecular weight excluding hydrogens is 319 g/mol. The maximum Gasteiger partial charge on any atom is 0.251 e. The van der Waals surface area contributed by atoms with Crippen molar-refractivity contribution in [3.05, 3.63) is 65.5 Å². The van der Waals surface area contributed by atoms with Gasteiger partial charge >= 0.3 is 0 Å². The molecule has 23 heavy (non-hydrogen) atoms. The molecule has 1 amide bonds. The Kier molecular flexibility index (Phi) is 5.12. The highest BCUT2D eigenvalue weighted by Crippen LogP contribution is 2.14. The van der Waals surface area contributed by atoms with Crippen molar-refractivity contribution in [2.45, 2.75) is 11.4 Å². The van der Waals surface area contributed by atoms with E-state index in [1.165, 1.54) is 50.5 Å². The molecule has 0 aliphatic heterocycles. The molecule has 0 aliphatic carbocycles. The summed E-state index contributed by atoms with van der Waals surface area (Å²) in [7, 11) is -0.641. The van der Waals surface area contributed by atoms with Gasteiger partial charge in [-0.3, -0.25) is 4.79 Å². The smallest absolute Gasteiger partial charge is 0.251 e. The van der Waals surface area contributed by atoms with Crippen molar-refractivity contribution in [3.63, 3.8) is 0 Å². The molecule has 7 heteroatoms. The Morgan fingerprint density at radius 1 is 1.13 bits per heavy atom. The lowest BCUT2D eigenvalue weighted by molar-refractivity contribution is 0.0950. The number of nitrogens with one attached hydrogen (secondary N) is 1. The topological polar surface area (TPSA) is 66.5 Å². The molecule has 0 fully saturated rings. The van der Waals surface area contributed by atoms with E-state index in [0.717, 1.165) is 4.31 Å². The highest BCUT2D eigenvalue weighted by Gasteiger charge is 2.17. The molecule has 0 aromatic heterocycles. The average molecular weight is 336 g/mol. The summed E-state index contributed by atoms with van der Waals surface area (Å²) < 4.78 is 38.1. The summed E-state index contributed by atoms with van der Waals surface area (Å²) in [5.41, 5.74) is 0.976. The van der Waals surface area contributed by atoms with Crippen LogP contribution in [0.25, 0.3) is 0 Å². The molecule has 0 spiro atoms. The number of rotatable bonds is 5. The van der Waals surface area contributed by atoms with E-state index in [1.807, 2.05) is 0 Å². The van der Waals surface area contributed by atoms with Gasteiger partial charge in [-0.05, 0) is 42.0 Å². The molecule has 5 nitrogen and oxygen atoms in total. The Bertz CT molecular complexity index is 802. The van der Waals surface area contributed by atoms with Gasteiger partial charge in [0.1, 0.15) is 5.82 Å². The number of carbonyl (C=O) groups is 1. The fourth-order valence-corrected chi connectivity index (χ4v) is 2.82. The molecule has 2 aromatic rings. The van der Waals surface area contributed by atoms with Gasteiger partial charge < -0.3 is 5.32 Å². The van der Waals surface area contributed by atoms with Crippen LogP contribution >= 0.6 is 0 Å². The second-order valence-electron chi connectivity index (χ2n) is 5.12. The minimum absolute atomic E-state index is 0.115. The third kappa shape index (κ3) is 4.14. The van der Waals surface area contributed by atoms with Gasteiger partial charge in [-0.15, -0.1) is 0 Å². The Morgan fingerprint density at radius 2 is 1.78 bits per heavy atom. The van der Waals surface area contributed by atoms with E-state index < -0.39 is 10.0 Å². The van der Waals surface area contributed by atoms with Gasteiger partial charge in [0, 0.05) is 26.2 Å². The van der Waals surface area contributed by atoms with Gasteiger partial charge in [0.2, 0.25) is 10.0 Å². The molecule has 2 rings (SSSR count). The SMILES string of the molecule is CN(C)S(=O)(=O)c1ccc(C(=O)NCc2cccc(F)c2)cc1. The van der Waals surface area contributed by atoms with Crippen LogP contribution in [0.5, 0.6) is 0 Å². The zero-order chi connectivity index (χ0) is 17.0. The van der Waals surface area contributed by atoms with Crippen LogP contribution in [0, 0.1) is 5.82 Å². The number of amides is 1. The zero-order valence-corrected chi connectivity index (χ0v) is 13.6. The monoisotopic (exact) mass is 336 g/mol. The first kappa shape index (κ1) is 17.1. The van der Waals surface area contributed by atoms with Crippen molar-refractivity contribution >= 4 is 15.9 Å². The Morgan fingerprint density at radius 3 is 2.35 bits per heavy atom. The van der Waals surface area contributed by atoms with E-state index in [1.54, 1.807) is 12.1 Å². The first-order valence-electron chi connectivity index (χ1n) is 6.86. The second kappa shape index (κ2) is 6.89. The van der Waals surface area contributed by atoms with Crippen LogP contribution in [-0.4, -0.2) is 32.7 Å². The lowest BCUT2D eigenvalue weighted by Crippen LogP contribution is -2.24. The molecule has 0 saturated heterocycles. The quantitative estimate of drug-likeness (QED) is 0.908. The summed E-state index contributed by atoms with van der Waals surface area (Å²) in [6.07, 6.45) is 0. The van der Waals surface area contributed by atoms with E-state index in [4.69, 9.17) is 0 Å². The fourth-order valence-electron chi connectivity index (χ4n) is 1.92. The molecule has 0 saturated carbocycles. The van der Waals surface area contributed by atoms with Crippen LogP contribution in [0.1, 0.15) is 15.9 Å². The Balaban J connectivity index is 2.06. The summed E-state index contributed by atoms with van der Waals surface area (Å²) in [6.45, 7) is 0.189. The summed E-state index contributed by atoms with van der Waals surface area (Å²) in [5.74, 6) is -0.724.